The van der Waals surface area contributed by atoms with Crippen LogP contribution in [0.4, 0.5) is 5.69 Å². The molecule has 2 aromatic rings. The van der Waals surface area contributed by atoms with Crippen LogP contribution >= 0.6 is 0 Å². The SMILES string of the molecule is COc1ccc(NC(=O)C(C)OC(=O)Cc2ccc(S(=O)(=O)N3CCCCC3)cc2)cc1. The van der Waals surface area contributed by atoms with Crippen LogP contribution in [0.2, 0.25) is 0 Å². The molecule has 1 aliphatic rings. The van der Waals surface area contributed by atoms with Crippen LogP contribution in [0.3, 0.4) is 0 Å². The Morgan fingerprint density at radius 3 is 2.22 bits per heavy atom. The molecule has 1 saturated heterocycles. The minimum Gasteiger partial charge on any atom is -0.497 e. The van der Waals surface area contributed by atoms with Crippen molar-refractivity contribution in [2.45, 2.75) is 43.6 Å². The summed E-state index contributed by atoms with van der Waals surface area (Å²) in [6.45, 7) is 2.56. The van der Waals surface area contributed by atoms with Gasteiger partial charge < -0.3 is 14.8 Å². The van der Waals surface area contributed by atoms with Crippen molar-refractivity contribution in [1.82, 2.24) is 4.31 Å². The Morgan fingerprint density at radius 1 is 1.00 bits per heavy atom. The molecule has 0 saturated carbocycles. The van der Waals surface area contributed by atoms with Crippen molar-refractivity contribution in [3.63, 3.8) is 0 Å². The first-order chi connectivity index (χ1) is 15.3. The summed E-state index contributed by atoms with van der Waals surface area (Å²) < 4.78 is 37.2. The molecule has 0 aliphatic carbocycles. The molecule has 1 unspecified atom stereocenters. The standard InChI is InChI=1S/C23H28N2O6S/c1-17(23(27)24-19-8-10-20(30-2)11-9-19)31-22(26)16-18-6-12-21(13-7-18)32(28,29)25-14-4-3-5-15-25/h6-13,17H,3-5,14-16H2,1-2H3,(H,24,27). The van der Waals surface area contributed by atoms with Gasteiger partial charge in [0.2, 0.25) is 10.0 Å². The number of hydrogen-bond acceptors (Lipinski definition) is 6. The van der Waals surface area contributed by atoms with Crippen LogP contribution in [-0.2, 0) is 30.8 Å². The minimum absolute atomic E-state index is 0.0653. The van der Waals surface area contributed by atoms with E-state index in [2.05, 4.69) is 5.32 Å². The van der Waals surface area contributed by atoms with Crippen LogP contribution in [0.25, 0.3) is 0 Å². The Kier molecular flexibility index (Phi) is 7.87. The van der Waals surface area contributed by atoms with Gasteiger partial charge in [-0.15, -0.1) is 0 Å². The third kappa shape index (κ3) is 6.08. The van der Waals surface area contributed by atoms with Gasteiger partial charge in [-0.25, -0.2) is 8.42 Å². The summed E-state index contributed by atoms with van der Waals surface area (Å²) >= 11 is 0. The van der Waals surface area contributed by atoms with Gasteiger partial charge >= 0.3 is 5.97 Å². The second kappa shape index (κ2) is 10.6. The molecular weight excluding hydrogens is 432 g/mol. The smallest absolute Gasteiger partial charge is 0.311 e. The lowest BCUT2D eigenvalue weighted by Gasteiger charge is -2.25. The van der Waals surface area contributed by atoms with Gasteiger partial charge in [-0.3, -0.25) is 9.59 Å². The van der Waals surface area contributed by atoms with Gasteiger partial charge in [0, 0.05) is 18.8 Å². The van der Waals surface area contributed by atoms with E-state index in [1.54, 1.807) is 43.5 Å². The van der Waals surface area contributed by atoms with E-state index in [9.17, 15) is 18.0 Å². The second-order valence-corrected chi connectivity index (χ2v) is 9.57. The number of nitrogens with zero attached hydrogens (tertiary/aromatic N) is 1. The highest BCUT2D eigenvalue weighted by Crippen LogP contribution is 2.21. The van der Waals surface area contributed by atoms with Crippen LogP contribution < -0.4 is 10.1 Å². The molecule has 0 spiro atoms. The normalized spacial score (nSPS) is 15.6. The molecule has 1 aliphatic heterocycles. The predicted molar refractivity (Wildman–Crippen MR) is 120 cm³/mol. The van der Waals surface area contributed by atoms with E-state index in [1.165, 1.54) is 23.4 Å². The number of nitrogens with one attached hydrogen (secondary N) is 1. The summed E-state index contributed by atoms with van der Waals surface area (Å²) in [6.07, 6.45) is 1.73. The zero-order valence-electron chi connectivity index (χ0n) is 18.2. The number of methoxy groups -OCH3 is 1. The topological polar surface area (TPSA) is 102 Å². The highest BCUT2D eigenvalue weighted by molar-refractivity contribution is 7.89. The quantitative estimate of drug-likeness (QED) is 0.608. The molecule has 1 atom stereocenters. The van der Waals surface area contributed by atoms with E-state index < -0.39 is 28.0 Å². The molecule has 1 N–H and O–H groups in total. The molecule has 1 heterocycles. The molecule has 2 aromatic carbocycles. The number of amides is 1. The second-order valence-electron chi connectivity index (χ2n) is 7.64. The lowest BCUT2D eigenvalue weighted by Crippen LogP contribution is -2.35. The number of carbonyl (C=O) groups is 2. The van der Waals surface area contributed by atoms with Crippen LogP contribution in [0.5, 0.6) is 5.75 Å². The maximum atomic E-state index is 12.7. The largest absolute Gasteiger partial charge is 0.497 e. The van der Waals surface area contributed by atoms with Gasteiger partial charge in [0.1, 0.15) is 5.75 Å². The Bertz CT molecular complexity index is 1030. The molecule has 0 aromatic heterocycles. The number of sulfonamides is 1. The number of rotatable bonds is 8. The monoisotopic (exact) mass is 460 g/mol. The van der Waals surface area contributed by atoms with Gasteiger partial charge in [-0.2, -0.15) is 4.31 Å². The first kappa shape index (κ1) is 23.7. The summed E-state index contributed by atoms with van der Waals surface area (Å²) in [5.41, 5.74) is 1.17. The third-order valence-electron chi connectivity index (χ3n) is 5.26. The first-order valence-electron chi connectivity index (χ1n) is 10.5. The van der Waals surface area contributed by atoms with Gasteiger partial charge in [-0.05, 0) is 61.7 Å². The van der Waals surface area contributed by atoms with Gasteiger partial charge in [-0.1, -0.05) is 18.6 Å². The van der Waals surface area contributed by atoms with Crippen molar-refractivity contribution in [2.24, 2.45) is 0 Å². The first-order valence-corrected chi connectivity index (χ1v) is 12.0. The number of hydrogen-bond donors (Lipinski definition) is 1. The zero-order valence-corrected chi connectivity index (χ0v) is 19.1. The van der Waals surface area contributed by atoms with E-state index in [4.69, 9.17) is 9.47 Å². The predicted octanol–water partition coefficient (Wildman–Crippen LogP) is 2.98. The maximum Gasteiger partial charge on any atom is 0.311 e. The number of ether oxygens (including phenoxy) is 2. The minimum atomic E-state index is -3.52. The van der Waals surface area contributed by atoms with Gasteiger partial charge in [0.25, 0.3) is 5.91 Å². The zero-order chi connectivity index (χ0) is 23.1. The number of benzene rings is 2. The molecule has 1 fully saturated rings. The van der Waals surface area contributed by atoms with E-state index in [0.29, 0.717) is 30.1 Å². The lowest BCUT2D eigenvalue weighted by atomic mass is 10.1. The molecular formula is C23H28N2O6S. The summed E-state index contributed by atoms with van der Waals surface area (Å²) in [7, 11) is -1.96. The number of carbonyl (C=O) groups excluding carboxylic acids is 2. The molecule has 8 nitrogen and oxygen atoms in total. The average molecular weight is 461 g/mol. The molecule has 1 amide bonds. The molecule has 32 heavy (non-hydrogen) atoms. The van der Waals surface area contributed by atoms with Crippen LogP contribution in [0.15, 0.2) is 53.4 Å². The fraction of sp³-hybridized carbons (Fsp3) is 0.391. The number of esters is 1. The summed E-state index contributed by atoms with van der Waals surface area (Å²) in [6, 6.07) is 13.0. The van der Waals surface area contributed by atoms with E-state index >= 15 is 0 Å². The van der Waals surface area contributed by atoms with Crippen LogP contribution in [-0.4, -0.2) is 50.9 Å². The Morgan fingerprint density at radius 2 is 1.62 bits per heavy atom. The fourth-order valence-corrected chi connectivity index (χ4v) is 4.93. The third-order valence-corrected chi connectivity index (χ3v) is 7.17. The molecule has 0 bridgehead atoms. The Hall–Kier alpha value is -2.91. The Labute approximate surface area is 188 Å². The number of piperidine rings is 1. The highest BCUT2D eigenvalue weighted by Gasteiger charge is 2.26. The van der Waals surface area contributed by atoms with Crippen LogP contribution in [0, 0.1) is 0 Å². The Balaban J connectivity index is 1.53. The van der Waals surface area contributed by atoms with Crippen molar-refractivity contribution in [1.29, 1.82) is 0 Å². The van der Waals surface area contributed by atoms with Crippen molar-refractivity contribution in [2.75, 3.05) is 25.5 Å². The molecule has 0 radical (unpaired) electrons. The van der Waals surface area contributed by atoms with Gasteiger partial charge in [0.05, 0.1) is 18.4 Å². The summed E-state index contributed by atoms with van der Waals surface area (Å²) in [5, 5.41) is 2.67. The molecule has 9 heteroatoms. The van der Waals surface area contributed by atoms with Crippen molar-refractivity contribution < 1.29 is 27.5 Å². The van der Waals surface area contributed by atoms with E-state index in [1.807, 2.05) is 0 Å². The summed E-state index contributed by atoms with van der Waals surface area (Å²) in [4.78, 5) is 24.7. The van der Waals surface area contributed by atoms with Gasteiger partial charge in [0.15, 0.2) is 6.10 Å². The molecule has 172 valence electrons. The van der Waals surface area contributed by atoms with E-state index in [-0.39, 0.29) is 11.3 Å². The van der Waals surface area contributed by atoms with Crippen molar-refractivity contribution >= 4 is 27.6 Å². The summed E-state index contributed by atoms with van der Waals surface area (Å²) in [5.74, 6) is -0.363. The van der Waals surface area contributed by atoms with Crippen LogP contribution in [0.1, 0.15) is 31.7 Å². The fourth-order valence-electron chi connectivity index (χ4n) is 3.41. The van der Waals surface area contributed by atoms with E-state index in [0.717, 1.165) is 19.3 Å². The maximum absolute atomic E-state index is 12.7. The van der Waals surface area contributed by atoms with Crippen molar-refractivity contribution in [3.8, 4) is 5.75 Å². The molecule has 3 rings (SSSR count). The van der Waals surface area contributed by atoms with Crippen molar-refractivity contribution in [3.05, 3.63) is 54.1 Å². The number of anilines is 1. The highest BCUT2D eigenvalue weighted by atomic mass is 32.2. The average Bonchev–Trinajstić information content (AvgIpc) is 2.80. The lowest BCUT2D eigenvalue weighted by molar-refractivity contribution is -0.152.